The van der Waals surface area contributed by atoms with Gasteiger partial charge in [-0.3, -0.25) is 4.68 Å². The van der Waals surface area contributed by atoms with E-state index in [1.165, 1.54) is 0 Å². The molecule has 1 heterocycles. The number of ether oxygens (including phenoxy) is 1. The van der Waals surface area contributed by atoms with Crippen molar-refractivity contribution in [2.75, 3.05) is 19.8 Å². The number of unbranched alkanes of at least 4 members (excludes halogenated alkanes) is 1. The monoisotopic (exact) mass is 255 g/mol. The van der Waals surface area contributed by atoms with E-state index in [1.54, 1.807) is 4.68 Å². The average Bonchev–Trinajstić information content (AvgIpc) is 2.76. The highest BCUT2D eigenvalue weighted by atomic mass is 16.5. The standard InChI is InChI=1S/C13H25N3O2/c1-12(2)18-8-4-3-5-14-9-13-10-15-16(11-13)6-7-17/h10-12,14,17H,3-9H2,1-2H3. The van der Waals surface area contributed by atoms with Gasteiger partial charge >= 0.3 is 0 Å². The summed E-state index contributed by atoms with van der Waals surface area (Å²) < 4.78 is 7.23. The van der Waals surface area contributed by atoms with Crippen LogP contribution in [0.2, 0.25) is 0 Å². The predicted octanol–water partition coefficient (Wildman–Crippen LogP) is 1.17. The molecule has 0 unspecified atom stereocenters. The minimum absolute atomic E-state index is 0.129. The molecule has 0 atom stereocenters. The largest absolute Gasteiger partial charge is 0.394 e. The second-order valence-corrected chi connectivity index (χ2v) is 4.64. The molecule has 0 fully saturated rings. The molecule has 0 aliphatic rings. The molecule has 1 aromatic heterocycles. The molecule has 0 radical (unpaired) electrons. The number of aromatic nitrogens is 2. The summed E-state index contributed by atoms with van der Waals surface area (Å²) in [4.78, 5) is 0. The Bertz CT molecular complexity index is 313. The molecule has 5 heteroatoms. The van der Waals surface area contributed by atoms with Gasteiger partial charge in [0, 0.05) is 24.9 Å². The van der Waals surface area contributed by atoms with Crippen molar-refractivity contribution >= 4 is 0 Å². The van der Waals surface area contributed by atoms with E-state index in [0.717, 1.165) is 38.1 Å². The van der Waals surface area contributed by atoms with E-state index in [9.17, 15) is 0 Å². The number of rotatable bonds is 10. The van der Waals surface area contributed by atoms with Crippen LogP contribution in [0.4, 0.5) is 0 Å². The van der Waals surface area contributed by atoms with Crippen molar-refractivity contribution in [2.24, 2.45) is 0 Å². The Hall–Kier alpha value is -0.910. The van der Waals surface area contributed by atoms with Crippen LogP contribution in [-0.4, -0.2) is 40.7 Å². The summed E-state index contributed by atoms with van der Waals surface area (Å²) in [5.74, 6) is 0. The molecule has 2 N–H and O–H groups in total. The Labute approximate surface area is 109 Å². The number of aliphatic hydroxyl groups is 1. The number of nitrogens with zero attached hydrogens (tertiary/aromatic N) is 2. The van der Waals surface area contributed by atoms with Crippen LogP contribution in [0.1, 0.15) is 32.3 Å². The molecule has 0 saturated carbocycles. The molecule has 0 aromatic carbocycles. The summed E-state index contributed by atoms with van der Waals surface area (Å²) in [5.41, 5.74) is 1.15. The van der Waals surface area contributed by atoms with Crippen molar-refractivity contribution in [3.63, 3.8) is 0 Å². The molecular formula is C13H25N3O2. The van der Waals surface area contributed by atoms with Gasteiger partial charge in [-0.2, -0.15) is 5.10 Å². The van der Waals surface area contributed by atoms with Crippen molar-refractivity contribution < 1.29 is 9.84 Å². The minimum Gasteiger partial charge on any atom is -0.394 e. The fourth-order valence-electron chi connectivity index (χ4n) is 1.63. The topological polar surface area (TPSA) is 59.3 Å². The zero-order valence-corrected chi connectivity index (χ0v) is 11.4. The molecule has 0 saturated heterocycles. The second-order valence-electron chi connectivity index (χ2n) is 4.64. The summed E-state index contributed by atoms with van der Waals surface area (Å²) in [5, 5.41) is 16.3. The molecule has 0 bridgehead atoms. The summed E-state index contributed by atoms with van der Waals surface area (Å²) in [7, 11) is 0. The van der Waals surface area contributed by atoms with Crippen molar-refractivity contribution in [3.05, 3.63) is 18.0 Å². The second kappa shape index (κ2) is 9.08. The quantitative estimate of drug-likeness (QED) is 0.616. The van der Waals surface area contributed by atoms with E-state index in [2.05, 4.69) is 24.3 Å². The summed E-state index contributed by atoms with van der Waals surface area (Å²) in [6.45, 7) is 7.47. The number of hydrogen-bond donors (Lipinski definition) is 2. The Morgan fingerprint density at radius 2 is 2.28 bits per heavy atom. The fraction of sp³-hybridized carbons (Fsp3) is 0.769. The van der Waals surface area contributed by atoms with Gasteiger partial charge in [0.2, 0.25) is 0 Å². The normalized spacial score (nSPS) is 11.3. The van der Waals surface area contributed by atoms with Gasteiger partial charge < -0.3 is 15.2 Å². The molecule has 0 amide bonds. The zero-order valence-electron chi connectivity index (χ0n) is 11.4. The predicted molar refractivity (Wildman–Crippen MR) is 71.3 cm³/mol. The first-order chi connectivity index (χ1) is 8.72. The van der Waals surface area contributed by atoms with Gasteiger partial charge in [0.25, 0.3) is 0 Å². The highest BCUT2D eigenvalue weighted by molar-refractivity contribution is 5.03. The first kappa shape index (κ1) is 15.1. The summed E-state index contributed by atoms with van der Waals surface area (Å²) in [6, 6.07) is 0. The van der Waals surface area contributed by atoms with Crippen molar-refractivity contribution in [1.29, 1.82) is 0 Å². The van der Waals surface area contributed by atoms with E-state index in [-0.39, 0.29) is 6.61 Å². The lowest BCUT2D eigenvalue weighted by atomic mass is 10.3. The maximum absolute atomic E-state index is 8.78. The van der Waals surface area contributed by atoms with Crippen molar-refractivity contribution in [3.8, 4) is 0 Å². The SMILES string of the molecule is CC(C)OCCCCNCc1cnn(CCO)c1. The van der Waals surface area contributed by atoms with E-state index in [4.69, 9.17) is 9.84 Å². The first-order valence-electron chi connectivity index (χ1n) is 6.67. The molecule has 0 aliphatic carbocycles. The lowest BCUT2D eigenvalue weighted by molar-refractivity contribution is 0.0760. The summed E-state index contributed by atoms with van der Waals surface area (Å²) >= 11 is 0. The van der Waals surface area contributed by atoms with Gasteiger partial charge in [0.05, 0.1) is 25.5 Å². The van der Waals surface area contributed by atoms with E-state index >= 15 is 0 Å². The number of nitrogens with one attached hydrogen (secondary N) is 1. The van der Waals surface area contributed by atoms with Gasteiger partial charge in [-0.1, -0.05) is 0 Å². The first-order valence-corrected chi connectivity index (χ1v) is 6.67. The Kier molecular flexibility index (Phi) is 7.64. The third kappa shape index (κ3) is 6.74. The van der Waals surface area contributed by atoms with Gasteiger partial charge in [-0.25, -0.2) is 0 Å². The number of aliphatic hydroxyl groups excluding tert-OH is 1. The molecule has 104 valence electrons. The van der Waals surface area contributed by atoms with Crippen molar-refractivity contribution in [1.82, 2.24) is 15.1 Å². The molecule has 1 aromatic rings. The molecule has 5 nitrogen and oxygen atoms in total. The van der Waals surface area contributed by atoms with Gasteiger partial charge in [0.15, 0.2) is 0 Å². The maximum atomic E-state index is 8.78. The molecule has 1 rings (SSSR count). The van der Waals surface area contributed by atoms with E-state index in [0.29, 0.717) is 12.6 Å². The van der Waals surface area contributed by atoms with Gasteiger partial charge in [0.1, 0.15) is 0 Å². The van der Waals surface area contributed by atoms with Crippen LogP contribution in [-0.2, 0) is 17.8 Å². The number of hydrogen-bond acceptors (Lipinski definition) is 4. The van der Waals surface area contributed by atoms with E-state index < -0.39 is 0 Å². The minimum atomic E-state index is 0.129. The lowest BCUT2D eigenvalue weighted by Crippen LogP contribution is -2.15. The van der Waals surface area contributed by atoms with Crippen molar-refractivity contribution in [2.45, 2.75) is 45.9 Å². The zero-order chi connectivity index (χ0) is 13.2. The average molecular weight is 255 g/mol. The van der Waals surface area contributed by atoms with Gasteiger partial charge in [-0.15, -0.1) is 0 Å². The van der Waals surface area contributed by atoms with E-state index in [1.807, 2.05) is 12.4 Å². The van der Waals surface area contributed by atoms with Crippen LogP contribution in [0.3, 0.4) is 0 Å². The third-order valence-electron chi connectivity index (χ3n) is 2.54. The fourth-order valence-corrected chi connectivity index (χ4v) is 1.63. The maximum Gasteiger partial charge on any atom is 0.0640 e. The molecule has 0 spiro atoms. The lowest BCUT2D eigenvalue weighted by Gasteiger charge is -2.07. The van der Waals surface area contributed by atoms with Crippen LogP contribution in [0.15, 0.2) is 12.4 Å². The Balaban J connectivity index is 2.00. The Morgan fingerprint density at radius 1 is 1.44 bits per heavy atom. The Morgan fingerprint density at radius 3 is 3.00 bits per heavy atom. The van der Waals surface area contributed by atoms with Crippen LogP contribution >= 0.6 is 0 Å². The summed E-state index contributed by atoms with van der Waals surface area (Å²) in [6.07, 6.45) is 6.34. The highest BCUT2D eigenvalue weighted by Crippen LogP contribution is 1.98. The third-order valence-corrected chi connectivity index (χ3v) is 2.54. The molecule has 18 heavy (non-hydrogen) atoms. The van der Waals surface area contributed by atoms with Crippen LogP contribution < -0.4 is 5.32 Å². The van der Waals surface area contributed by atoms with Crippen LogP contribution in [0.25, 0.3) is 0 Å². The molecule has 0 aliphatic heterocycles. The van der Waals surface area contributed by atoms with Crippen LogP contribution in [0, 0.1) is 0 Å². The smallest absolute Gasteiger partial charge is 0.0640 e. The molecular weight excluding hydrogens is 230 g/mol. The highest BCUT2D eigenvalue weighted by Gasteiger charge is 1.98. The van der Waals surface area contributed by atoms with Crippen LogP contribution in [0.5, 0.6) is 0 Å². The van der Waals surface area contributed by atoms with Gasteiger partial charge in [-0.05, 0) is 33.2 Å².